The van der Waals surface area contributed by atoms with Crippen LogP contribution in [0, 0.1) is 5.82 Å². The van der Waals surface area contributed by atoms with Crippen molar-refractivity contribution in [3.05, 3.63) is 53.3 Å². The van der Waals surface area contributed by atoms with E-state index >= 15 is 0 Å². The van der Waals surface area contributed by atoms with Gasteiger partial charge in [-0.1, -0.05) is 12.1 Å². The zero-order valence-corrected chi connectivity index (χ0v) is 15.6. The van der Waals surface area contributed by atoms with Gasteiger partial charge in [0.25, 0.3) is 5.91 Å². The number of methoxy groups -OCH3 is 3. The van der Waals surface area contributed by atoms with Gasteiger partial charge in [-0.2, -0.15) is 0 Å². The van der Waals surface area contributed by atoms with Crippen molar-refractivity contribution in [3.63, 3.8) is 0 Å². The number of carbonyl (C=O) groups is 1. The van der Waals surface area contributed by atoms with Crippen LogP contribution in [0.15, 0.2) is 36.4 Å². The van der Waals surface area contributed by atoms with Crippen LogP contribution in [0.1, 0.15) is 22.0 Å². The molecular weight excluding hydrogens is 351 g/mol. The van der Waals surface area contributed by atoms with Crippen molar-refractivity contribution in [2.24, 2.45) is 0 Å². The Morgan fingerprint density at radius 2 is 1.81 bits per heavy atom. The molecule has 0 spiro atoms. The van der Waals surface area contributed by atoms with Gasteiger partial charge >= 0.3 is 0 Å². The number of benzene rings is 2. The van der Waals surface area contributed by atoms with Gasteiger partial charge in [-0.25, -0.2) is 4.39 Å². The van der Waals surface area contributed by atoms with Crippen LogP contribution in [0.2, 0.25) is 0 Å². The second-order valence-electron chi connectivity index (χ2n) is 6.19. The SMILES string of the molecule is COc1cc(C(=O)N2CCNCC2c2cccc(F)c2)cc(OC)c1OC. The molecule has 0 radical (unpaired) electrons. The molecular formula is C20H23FN2O4. The van der Waals surface area contributed by atoms with Crippen LogP contribution >= 0.6 is 0 Å². The highest BCUT2D eigenvalue weighted by Gasteiger charge is 2.30. The van der Waals surface area contributed by atoms with Crippen molar-refractivity contribution in [1.29, 1.82) is 0 Å². The second kappa shape index (κ2) is 8.26. The van der Waals surface area contributed by atoms with Gasteiger partial charge in [-0.3, -0.25) is 4.79 Å². The minimum atomic E-state index is -0.321. The van der Waals surface area contributed by atoms with Crippen molar-refractivity contribution >= 4 is 5.91 Å². The van der Waals surface area contributed by atoms with Gasteiger partial charge in [0.1, 0.15) is 5.82 Å². The molecule has 1 amide bonds. The Balaban J connectivity index is 1.97. The van der Waals surface area contributed by atoms with E-state index < -0.39 is 0 Å². The minimum Gasteiger partial charge on any atom is -0.493 e. The van der Waals surface area contributed by atoms with Crippen LogP contribution in [0.3, 0.4) is 0 Å². The zero-order valence-electron chi connectivity index (χ0n) is 15.6. The van der Waals surface area contributed by atoms with E-state index in [1.807, 2.05) is 6.07 Å². The predicted octanol–water partition coefficient (Wildman–Crippen LogP) is 2.64. The lowest BCUT2D eigenvalue weighted by Crippen LogP contribution is -2.48. The molecule has 1 aliphatic heterocycles. The summed E-state index contributed by atoms with van der Waals surface area (Å²) in [6.07, 6.45) is 0. The minimum absolute atomic E-state index is 0.176. The molecule has 1 N–H and O–H groups in total. The van der Waals surface area contributed by atoms with Gasteiger partial charge in [-0.05, 0) is 29.8 Å². The van der Waals surface area contributed by atoms with Gasteiger partial charge in [0.2, 0.25) is 5.75 Å². The lowest BCUT2D eigenvalue weighted by molar-refractivity contribution is 0.0633. The Morgan fingerprint density at radius 1 is 1.11 bits per heavy atom. The number of nitrogens with zero attached hydrogens (tertiary/aromatic N) is 1. The van der Waals surface area contributed by atoms with E-state index in [2.05, 4.69) is 5.32 Å². The van der Waals surface area contributed by atoms with Gasteiger partial charge in [0, 0.05) is 25.2 Å². The first-order chi connectivity index (χ1) is 13.1. The topological polar surface area (TPSA) is 60.0 Å². The van der Waals surface area contributed by atoms with E-state index in [9.17, 15) is 9.18 Å². The first-order valence-electron chi connectivity index (χ1n) is 8.66. The highest BCUT2D eigenvalue weighted by molar-refractivity contribution is 5.96. The van der Waals surface area contributed by atoms with E-state index in [1.54, 1.807) is 23.1 Å². The Hall–Kier alpha value is -2.80. The van der Waals surface area contributed by atoms with Crippen molar-refractivity contribution in [2.75, 3.05) is 41.0 Å². The molecule has 0 aliphatic carbocycles. The van der Waals surface area contributed by atoms with Crippen molar-refractivity contribution < 1.29 is 23.4 Å². The summed E-state index contributed by atoms with van der Waals surface area (Å²) in [7, 11) is 4.52. The smallest absolute Gasteiger partial charge is 0.254 e. The standard InChI is InChI=1S/C20H23FN2O4/c1-25-17-10-14(11-18(26-2)19(17)27-3)20(24)23-8-7-22-12-16(23)13-5-4-6-15(21)9-13/h4-6,9-11,16,22H,7-8,12H2,1-3H3. The molecule has 1 unspecified atom stereocenters. The summed E-state index contributed by atoms with van der Waals surface area (Å²) < 4.78 is 29.7. The van der Waals surface area contributed by atoms with Crippen LogP contribution < -0.4 is 19.5 Å². The average molecular weight is 374 g/mol. The number of amides is 1. The lowest BCUT2D eigenvalue weighted by atomic mass is 10.0. The summed E-state index contributed by atoms with van der Waals surface area (Å²) in [5.41, 5.74) is 1.18. The fourth-order valence-corrected chi connectivity index (χ4v) is 3.33. The molecule has 0 saturated carbocycles. The highest BCUT2D eigenvalue weighted by atomic mass is 19.1. The largest absolute Gasteiger partial charge is 0.493 e. The summed E-state index contributed by atoms with van der Waals surface area (Å²) in [5.74, 6) is 0.761. The van der Waals surface area contributed by atoms with E-state index in [4.69, 9.17) is 14.2 Å². The van der Waals surface area contributed by atoms with Crippen LogP contribution in [0.4, 0.5) is 4.39 Å². The van der Waals surface area contributed by atoms with E-state index in [-0.39, 0.29) is 17.8 Å². The molecule has 0 aromatic heterocycles. The Kier molecular flexibility index (Phi) is 5.81. The zero-order chi connectivity index (χ0) is 19.4. The predicted molar refractivity (Wildman–Crippen MR) is 99.1 cm³/mol. The van der Waals surface area contributed by atoms with E-state index in [0.29, 0.717) is 42.4 Å². The normalized spacial score (nSPS) is 16.7. The Morgan fingerprint density at radius 3 is 2.41 bits per heavy atom. The summed E-state index contributed by atoms with van der Waals surface area (Å²) in [4.78, 5) is 15.0. The molecule has 2 aromatic rings. The average Bonchev–Trinajstić information content (AvgIpc) is 2.72. The van der Waals surface area contributed by atoms with Crippen LogP contribution in [0.5, 0.6) is 17.2 Å². The van der Waals surface area contributed by atoms with Crippen LogP contribution in [-0.2, 0) is 0 Å². The van der Waals surface area contributed by atoms with Gasteiger partial charge in [0.05, 0.1) is 27.4 Å². The fraction of sp³-hybridized carbons (Fsp3) is 0.350. The van der Waals surface area contributed by atoms with Gasteiger partial charge in [-0.15, -0.1) is 0 Å². The van der Waals surface area contributed by atoms with Gasteiger partial charge in [0.15, 0.2) is 11.5 Å². The number of halogens is 1. The van der Waals surface area contributed by atoms with Crippen LogP contribution in [0.25, 0.3) is 0 Å². The third-order valence-electron chi connectivity index (χ3n) is 4.65. The van der Waals surface area contributed by atoms with E-state index in [1.165, 1.54) is 33.5 Å². The Bertz CT molecular complexity index is 802. The Labute approximate surface area is 157 Å². The third kappa shape index (κ3) is 3.83. The molecule has 1 heterocycles. The molecule has 0 bridgehead atoms. The van der Waals surface area contributed by atoms with Crippen molar-refractivity contribution in [2.45, 2.75) is 6.04 Å². The molecule has 1 aliphatic rings. The molecule has 27 heavy (non-hydrogen) atoms. The van der Waals surface area contributed by atoms with Crippen LogP contribution in [-0.4, -0.2) is 51.8 Å². The second-order valence-corrected chi connectivity index (χ2v) is 6.19. The molecule has 2 aromatic carbocycles. The lowest BCUT2D eigenvalue weighted by Gasteiger charge is -2.36. The summed E-state index contributed by atoms with van der Waals surface area (Å²) in [5, 5.41) is 3.27. The fourth-order valence-electron chi connectivity index (χ4n) is 3.33. The van der Waals surface area contributed by atoms with Crippen molar-refractivity contribution in [3.8, 4) is 17.2 Å². The molecule has 6 nitrogen and oxygen atoms in total. The van der Waals surface area contributed by atoms with Gasteiger partial charge < -0.3 is 24.4 Å². The maximum Gasteiger partial charge on any atom is 0.254 e. The summed E-state index contributed by atoms with van der Waals surface area (Å²) in [6.45, 7) is 1.73. The van der Waals surface area contributed by atoms with Crippen molar-refractivity contribution in [1.82, 2.24) is 10.2 Å². The summed E-state index contributed by atoms with van der Waals surface area (Å²) in [6, 6.07) is 9.35. The number of hydrogen-bond donors (Lipinski definition) is 1. The molecule has 1 saturated heterocycles. The molecule has 1 fully saturated rings. The molecule has 144 valence electrons. The maximum atomic E-state index is 13.7. The molecule has 7 heteroatoms. The number of ether oxygens (including phenoxy) is 3. The third-order valence-corrected chi connectivity index (χ3v) is 4.65. The first-order valence-corrected chi connectivity index (χ1v) is 8.66. The highest BCUT2D eigenvalue weighted by Crippen LogP contribution is 2.39. The monoisotopic (exact) mass is 374 g/mol. The number of piperazine rings is 1. The first kappa shape index (κ1) is 19.0. The molecule has 3 rings (SSSR count). The van der Waals surface area contributed by atoms with E-state index in [0.717, 1.165) is 5.56 Å². The number of nitrogens with one attached hydrogen (secondary N) is 1. The quantitative estimate of drug-likeness (QED) is 0.872. The summed E-state index contributed by atoms with van der Waals surface area (Å²) >= 11 is 0. The molecule has 1 atom stereocenters. The number of hydrogen-bond acceptors (Lipinski definition) is 5. The number of carbonyl (C=O) groups excluding carboxylic acids is 1. The maximum absolute atomic E-state index is 13.7. The number of rotatable bonds is 5.